The molecule has 11 heteroatoms. The Hall–Kier alpha value is -3.70. The van der Waals surface area contributed by atoms with E-state index in [4.69, 9.17) is 16.2 Å². The SMILES string of the molecule is COc1ccc(-c2c(N)ncnc2C(NC(=O)c2ccc(F)cc2F)C2(N)CCNC2)cn1. The molecule has 1 aliphatic heterocycles. The highest BCUT2D eigenvalue weighted by atomic mass is 19.1. The molecule has 3 aromatic rings. The van der Waals surface area contributed by atoms with Crippen LogP contribution in [0.2, 0.25) is 0 Å². The fourth-order valence-electron chi connectivity index (χ4n) is 3.92. The van der Waals surface area contributed by atoms with Gasteiger partial charge in [-0.2, -0.15) is 0 Å². The maximum atomic E-state index is 14.3. The number of nitrogen functional groups attached to an aromatic ring is 1. The molecule has 2 atom stereocenters. The Labute approximate surface area is 188 Å². The lowest BCUT2D eigenvalue weighted by Gasteiger charge is -2.34. The van der Waals surface area contributed by atoms with Gasteiger partial charge < -0.3 is 26.8 Å². The van der Waals surface area contributed by atoms with E-state index < -0.39 is 29.1 Å². The third-order valence-electron chi connectivity index (χ3n) is 5.66. The Kier molecular flexibility index (Phi) is 6.16. The largest absolute Gasteiger partial charge is 0.481 e. The van der Waals surface area contributed by atoms with Crippen LogP contribution in [0.5, 0.6) is 5.88 Å². The predicted molar refractivity (Wildman–Crippen MR) is 117 cm³/mol. The van der Waals surface area contributed by atoms with E-state index in [1.165, 1.54) is 13.4 Å². The Balaban J connectivity index is 1.80. The van der Waals surface area contributed by atoms with Crippen molar-refractivity contribution in [3.05, 3.63) is 65.7 Å². The number of hydrogen-bond acceptors (Lipinski definition) is 8. The molecule has 1 aromatic carbocycles. The maximum absolute atomic E-state index is 14.3. The molecular weight excluding hydrogens is 432 g/mol. The first-order chi connectivity index (χ1) is 15.8. The van der Waals surface area contributed by atoms with Crippen molar-refractivity contribution >= 4 is 11.7 Å². The van der Waals surface area contributed by atoms with Crippen molar-refractivity contribution in [2.24, 2.45) is 5.73 Å². The van der Waals surface area contributed by atoms with Gasteiger partial charge in [0.1, 0.15) is 23.8 Å². The van der Waals surface area contributed by atoms with E-state index in [-0.39, 0.29) is 11.4 Å². The monoisotopic (exact) mass is 455 g/mol. The van der Waals surface area contributed by atoms with Crippen LogP contribution in [0, 0.1) is 11.6 Å². The van der Waals surface area contributed by atoms with E-state index >= 15 is 0 Å². The number of ether oxygens (including phenoxy) is 1. The molecule has 2 unspecified atom stereocenters. The number of methoxy groups -OCH3 is 1. The van der Waals surface area contributed by atoms with Crippen molar-refractivity contribution in [1.82, 2.24) is 25.6 Å². The summed E-state index contributed by atoms with van der Waals surface area (Å²) < 4.78 is 32.7. The van der Waals surface area contributed by atoms with Crippen LogP contribution in [0.25, 0.3) is 11.1 Å². The van der Waals surface area contributed by atoms with E-state index in [1.54, 1.807) is 18.3 Å². The van der Waals surface area contributed by atoms with Gasteiger partial charge in [-0.05, 0) is 31.2 Å². The maximum Gasteiger partial charge on any atom is 0.254 e. The van der Waals surface area contributed by atoms with Gasteiger partial charge in [0.25, 0.3) is 5.91 Å². The van der Waals surface area contributed by atoms with Crippen LogP contribution < -0.4 is 26.8 Å². The van der Waals surface area contributed by atoms with Gasteiger partial charge >= 0.3 is 0 Å². The van der Waals surface area contributed by atoms with Crippen LogP contribution in [-0.4, -0.2) is 46.6 Å². The molecule has 33 heavy (non-hydrogen) atoms. The number of nitrogens with one attached hydrogen (secondary N) is 2. The van der Waals surface area contributed by atoms with Crippen molar-refractivity contribution in [1.29, 1.82) is 0 Å². The van der Waals surface area contributed by atoms with Gasteiger partial charge in [0.2, 0.25) is 5.88 Å². The molecule has 0 spiro atoms. The number of nitrogens with zero attached hydrogens (tertiary/aromatic N) is 3. The highest BCUT2D eigenvalue weighted by molar-refractivity contribution is 5.95. The summed E-state index contributed by atoms with van der Waals surface area (Å²) in [5, 5.41) is 5.98. The van der Waals surface area contributed by atoms with Crippen molar-refractivity contribution in [3.8, 4) is 17.0 Å². The highest BCUT2D eigenvalue weighted by Crippen LogP contribution is 2.37. The second kappa shape index (κ2) is 9.04. The minimum Gasteiger partial charge on any atom is -0.481 e. The number of pyridine rings is 1. The standard InChI is InChI=1S/C22H23F2N7O2/c1-33-16-5-2-12(9-28-16)17-18(29-11-30-20(17)25)19(22(26)6-7-27-10-22)31-21(32)14-4-3-13(23)8-15(14)24/h2-5,8-9,11,19,27H,6-7,10,26H2,1H3,(H,31,32)(H2,25,29,30). The molecule has 1 aliphatic rings. The summed E-state index contributed by atoms with van der Waals surface area (Å²) >= 11 is 0. The van der Waals surface area contributed by atoms with Gasteiger partial charge in [0.05, 0.1) is 29.9 Å². The second-order valence-corrected chi connectivity index (χ2v) is 7.80. The van der Waals surface area contributed by atoms with Gasteiger partial charge in [-0.15, -0.1) is 0 Å². The number of halogens is 2. The van der Waals surface area contributed by atoms with E-state index in [9.17, 15) is 13.6 Å². The predicted octanol–water partition coefficient (Wildman–Crippen LogP) is 1.57. The normalized spacial score (nSPS) is 18.7. The van der Waals surface area contributed by atoms with E-state index in [0.717, 1.165) is 12.1 Å². The van der Waals surface area contributed by atoms with Crippen molar-refractivity contribution in [2.75, 3.05) is 25.9 Å². The first-order valence-electron chi connectivity index (χ1n) is 10.2. The van der Waals surface area contributed by atoms with Crippen LogP contribution in [-0.2, 0) is 0 Å². The Morgan fingerprint density at radius 3 is 2.70 bits per heavy atom. The first kappa shape index (κ1) is 22.5. The summed E-state index contributed by atoms with van der Waals surface area (Å²) in [4.78, 5) is 25.7. The molecule has 3 heterocycles. The molecule has 0 radical (unpaired) electrons. The average molecular weight is 455 g/mol. The number of carbonyl (C=O) groups is 1. The van der Waals surface area contributed by atoms with Gasteiger partial charge in [-0.1, -0.05) is 0 Å². The Morgan fingerprint density at radius 2 is 2.06 bits per heavy atom. The molecule has 6 N–H and O–H groups in total. The molecule has 0 aliphatic carbocycles. The third-order valence-corrected chi connectivity index (χ3v) is 5.66. The topological polar surface area (TPSA) is 141 Å². The van der Waals surface area contributed by atoms with Crippen molar-refractivity contribution in [2.45, 2.75) is 18.0 Å². The summed E-state index contributed by atoms with van der Waals surface area (Å²) in [6.45, 7) is 0.988. The fraction of sp³-hybridized carbons (Fsp3) is 0.273. The lowest BCUT2D eigenvalue weighted by atomic mass is 9.84. The highest BCUT2D eigenvalue weighted by Gasteiger charge is 2.42. The molecule has 4 rings (SSSR count). The summed E-state index contributed by atoms with van der Waals surface area (Å²) in [5.41, 5.74) is 13.0. The van der Waals surface area contributed by atoms with Gasteiger partial charge in [0, 0.05) is 36.0 Å². The fourth-order valence-corrected chi connectivity index (χ4v) is 3.92. The number of hydrogen-bond donors (Lipinski definition) is 4. The molecule has 1 fully saturated rings. The summed E-state index contributed by atoms with van der Waals surface area (Å²) in [7, 11) is 1.50. The number of anilines is 1. The van der Waals surface area contributed by atoms with Crippen LogP contribution in [0.1, 0.15) is 28.5 Å². The van der Waals surface area contributed by atoms with Gasteiger partial charge in [0.15, 0.2) is 0 Å². The van der Waals surface area contributed by atoms with E-state index in [1.807, 2.05) is 0 Å². The molecule has 1 amide bonds. The molecule has 9 nitrogen and oxygen atoms in total. The molecule has 1 saturated heterocycles. The molecule has 172 valence electrons. The molecule has 0 saturated carbocycles. The number of rotatable bonds is 6. The summed E-state index contributed by atoms with van der Waals surface area (Å²) in [5.74, 6) is -1.96. The summed E-state index contributed by atoms with van der Waals surface area (Å²) in [6.07, 6.45) is 3.33. The lowest BCUT2D eigenvalue weighted by molar-refractivity contribution is 0.0910. The Bertz CT molecular complexity index is 1170. The quantitative estimate of drug-likeness (QED) is 0.439. The van der Waals surface area contributed by atoms with Crippen molar-refractivity contribution in [3.63, 3.8) is 0 Å². The van der Waals surface area contributed by atoms with E-state index in [0.29, 0.717) is 48.3 Å². The van der Waals surface area contributed by atoms with Gasteiger partial charge in [-0.3, -0.25) is 4.79 Å². The molecule has 0 bridgehead atoms. The number of carbonyl (C=O) groups excluding carboxylic acids is 1. The number of aromatic nitrogens is 3. The smallest absolute Gasteiger partial charge is 0.254 e. The zero-order valence-electron chi connectivity index (χ0n) is 17.8. The lowest BCUT2D eigenvalue weighted by Crippen LogP contribution is -2.54. The Morgan fingerprint density at radius 1 is 1.24 bits per heavy atom. The number of amides is 1. The van der Waals surface area contributed by atoms with Crippen LogP contribution in [0.15, 0.2) is 42.9 Å². The van der Waals surface area contributed by atoms with Crippen LogP contribution >= 0.6 is 0 Å². The van der Waals surface area contributed by atoms with E-state index in [2.05, 4.69) is 25.6 Å². The van der Waals surface area contributed by atoms with Crippen LogP contribution in [0.3, 0.4) is 0 Å². The first-order valence-corrected chi connectivity index (χ1v) is 10.2. The van der Waals surface area contributed by atoms with Gasteiger partial charge in [-0.25, -0.2) is 23.7 Å². The number of nitrogens with two attached hydrogens (primary N) is 2. The third kappa shape index (κ3) is 4.45. The average Bonchev–Trinajstić information content (AvgIpc) is 3.24. The molecular formula is C22H23F2N7O2. The zero-order valence-corrected chi connectivity index (χ0v) is 17.8. The minimum atomic E-state index is -0.983. The molecule has 2 aromatic heterocycles. The number of benzene rings is 1. The van der Waals surface area contributed by atoms with Crippen LogP contribution in [0.4, 0.5) is 14.6 Å². The second-order valence-electron chi connectivity index (χ2n) is 7.80. The summed E-state index contributed by atoms with van der Waals surface area (Å²) in [6, 6.07) is 5.26. The van der Waals surface area contributed by atoms with Crippen molar-refractivity contribution < 1.29 is 18.3 Å². The zero-order chi connectivity index (χ0) is 23.6. The minimum absolute atomic E-state index is 0.161.